The lowest BCUT2D eigenvalue weighted by atomic mass is 9.85. The number of aryl methyl sites for hydroxylation is 1. The summed E-state index contributed by atoms with van der Waals surface area (Å²) < 4.78 is 5.77. The summed E-state index contributed by atoms with van der Waals surface area (Å²) in [6.45, 7) is 6.26. The van der Waals surface area contributed by atoms with Crippen LogP contribution in [-0.4, -0.2) is 76.8 Å². The number of carboxylic acid groups (broad SMARTS) is 1. The molecule has 26 heavy (non-hydrogen) atoms. The summed E-state index contributed by atoms with van der Waals surface area (Å²) in [4.78, 5) is 31.6. The Kier molecular flexibility index (Phi) is 6.10. The Labute approximate surface area is 157 Å². The molecule has 1 unspecified atom stereocenters. The van der Waals surface area contributed by atoms with Gasteiger partial charge < -0.3 is 20.1 Å². The second-order valence-electron chi connectivity index (χ2n) is 6.86. The maximum absolute atomic E-state index is 12.5. The van der Waals surface area contributed by atoms with Gasteiger partial charge in [0.1, 0.15) is 11.1 Å². The van der Waals surface area contributed by atoms with Gasteiger partial charge >= 0.3 is 12.0 Å². The molecule has 0 aromatic carbocycles. The zero-order valence-corrected chi connectivity index (χ0v) is 16.0. The van der Waals surface area contributed by atoms with Crippen LogP contribution >= 0.6 is 11.3 Å². The molecular weight excluding hydrogens is 356 g/mol. The fourth-order valence-corrected chi connectivity index (χ4v) is 4.28. The molecule has 9 heteroatoms. The van der Waals surface area contributed by atoms with Crippen molar-refractivity contribution in [3.05, 3.63) is 16.1 Å². The lowest BCUT2D eigenvalue weighted by molar-refractivity contribution is -0.139. The van der Waals surface area contributed by atoms with Crippen molar-refractivity contribution in [2.24, 2.45) is 0 Å². The fourth-order valence-electron chi connectivity index (χ4n) is 3.45. The molecule has 2 amide bonds. The number of nitrogens with zero attached hydrogens (tertiary/aromatic N) is 3. The van der Waals surface area contributed by atoms with Gasteiger partial charge in [-0.3, -0.25) is 9.69 Å². The number of aromatic nitrogens is 1. The molecule has 1 aliphatic carbocycles. The highest BCUT2D eigenvalue weighted by atomic mass is 32.1. The molecule has 0 bridgehead atoms. The van der Waals surface area contributed by atoms with Gasteiger partial charge in [-0.05, 0) is 26.3 Å². The largest absolute Gasteiger partial charge is 0.480 e. The molecule has 2 aliphatic rings. The van der Waals surface area contributed by atoms with Crippen LogP contribution in [0, 0.1) is 6.92 Å². The van der Waals surface area contributed by atoms with Crippen LogP contribution in [-0.2, 0) is 9.53 Å². The number of carbonyl (C=O) groups is 2. The van der Waals surface area contributed by atoms with E-state index < -0.39 is 5.97 Å². The Bertz CT molecular complexity index is 646. The van der Waals surface area contributed by atoms with Gasteiger partial charge in [-0.1, -0.05) is 6.92 Å². The van der Waals surface area contributed by atoms with Crippen LogP contribution in [0.3, 0.4) is 0 Å². The SMILES string of the molecule is CCN(CC(=O)O)C1CC(NC(=O)N2CCOC(c3nc(C)cs3)C2)C1. The maximum atomic E-state index is 12.5. The summed E-state index contributed by atoms with van der Waals surface area (Å²) in [7, 11) is 0. The van der Waals surface area contributed by atoms with Gasteiger partial charge in [0.25, 0.3) is 0 Å². The topological polar surface area (TPSA) is 95.0 Å². The van der Waals surface area contributed by atoms with Crippen molar-refractivity contribution >= 4 is 23.3 Å². The number of hydrogen-bond acceptors (Lipinski definition) is 6. The smallest absolute Gasteiger partial charge is 0.317 e. The van der Waals surface area contributed by atoms with Crippen molar-refractivity contribution in [2.45, 2.75) is 44.9 Å². The lowest BCUT2D eigenvalue weighted by Gasteiger charge is -2.43. The molecule has 8 nitrogen and oxygen atoms in total. The highest BCUT2D eigenvalue weighted by molar-refractivity contribution is 7.09. The Hall–Kier alpha value is -1.71. The summed E-state index contributed by atoms with van der Waals surface area (Å²) in [5, 5.41) is 14.9. The number of thiazole rings is 1. The van der Waals surface area contributed by atoms with Crippen molar-refractivity contribution in [2.75, 3.05) is 32.8 Å². The number of urea groups is 1. The quantitative estimate of drug-likeness (QED) is 0.774. The van der Waals surface area contributed by atoms with Crippen molar-refractivity contribution in [1.29, 1.82) is 0 Å². The van der Waals surface area contributed by atoms with E-state index in [1.165, 1.54) is 0 Å². The molecule has 2 heterocycles. The molecule has 2 fully saturated rings. The predicted octanol–water partition coefficient (Wildman–Crippen LogP) is 1.47. The number of amides is 2. The third-order valence-electron chi connectivity index (χ3n) is 4.97. The molecule has 0 radical (unpaired) electrons. The van der Waals surface area contributed by atoms with Gasteiger partial charge in [-0.25, -0.2) is 9.78 Å². The third kappa shape index (κ3) is 4.52. The number of morpholine rings is 1. The minimum Gasteiger partial charge on any atom is -0.480 e. The van der Waals surface area contributed by atoms with E-state index in [0.29, 0.717) is 26.2 Å². The molecule has 1 aliphatic heterocycles. The molecule has 1 aromatic rings. The van der Waals surface area contributed by atoms with E-state index in [9.17, 15) is 9.59 Å². The predicted molar refractivity (Wildman–Crippen MR) is 97.3 cm³/mol. The minimum absolute atomic E-state index is 0.0558. The van der Waals surface area contributed by atoms with E-state index >= 15 is 0 Å². The molecule has 144 valence electrons. The monoisotopic (exact) mass is 382 g/mol. The van der Waals surface area contributed by atoms with Gasteiger partial charge in [0.15, 0.2) is 0 Å². The Morgan fingerprint density at radius 2 is 2.27 bits per heavy atom. The molecule has 2 N–H and O–H groups in total. The summed E-state index contributed by atoms with van der Waals surface area (Å²) in [6.07, 6.45) is 1.44. The molecule has 0 spiro atoms. The van der Waals surface area contributed by atoms with Crippen molar-refractivity contribution in [1.82, 2.24) is 20.1 Å². The maximum Gasteiger partial charge on any atom is 0.317 e. The zero-order chi connectivity index (χ0) is 18.7. The molecular formula is C17H26N4O4S. The fraction of sp³-hybridized carbons (Fsp3) is 0.706. The average molecular weight is 382 g/mol. The van der Waals surface area contributed by atoms with Gasteiger partial charge in [-0.15, -0.1) is 11.3 Å². The first-order valence-electron chi connectivity index (χ1n) is 9.01. The van der Waals surface area contributed by atoms with E-state index in [1.54, 1.807) is 16.2 Å². The highest BCUT2D eigenvalue weighted by Crippen LogP contribution is 2.27. The third-order valence-corrected chi connectivity index (χ3v) is 6.02. The number of rotatable bonds is 6. The van der Waals surface area contributed by atoms with Crippen LogP contribution < -0.4 is 5.32 Å². The molecule has 3 rings (SSSR count). The summed E-state index contributed by atoms with van der Waals surface area (Å²) in [6, 6.07) is 0.271. The van der Waals surface area contributed by atoms with Crippen LogP contribution in [0.4, 0.5) is 4.79 Å². The van der Waals surface area contributed by atoms with Crippen molar-refractivity contribution in [3.8, 4) is 0 Å². The first-order chi connectivity index (χ1) is 12.5. The van der Waals surface area contributed by atoms with E-state index in [-0.39, 0.29) is 30.8 Å². The van der Waals surface area contributed by atoms with Gasteiger partial charge in [0.05, 0.1) is 19.7 Å². The summed E-state index contributed by atoms with van der Waals surface area (Å²) >= 11 is 1.56. The van der Waals surface area contributed by atoms with Crippen LogP contribution in [0.5, 0.6) is 0 Å². The summed E-state index contributed by atoms with van der Waals surface area (Å²) in [5.74, 6) is -0.809. The van der Waals surface area contributed by atoms with Gasteiger partial charge in [-0.2, -0.15) is 0 Å². The number of carboxylic acids is 1. The second kappa shape index (κ2) is 8.32. The van der Waals surface area contributed by atoms with Crippen LogP contribution in [0.1, 0.15) is 36.6 Å². The van der Waals surface area contributed by atoms with Gasteiger partial charge in [0.2, 0.25) is 0 Å². The minimum atomic E-state index is -0.809. The number of nitrogens with one attached hydrogen (secondary N) is 1. The zero-order valence-electron chi connectivity index (χ0n) is 15.2. The molecule has 1 saturated heterocycles. The van der Waals surface area contributed by atoms with Crippen molar-refractivity contribution < 1.29 is 19.4 Å². The number of ether oxygens (including phenoxy) is 1. The molecule has 1 atom stereocenters. The van der Waals surface area contributed by atoms with E-state index in [4.69, 9.17) is 9.84 Å². The first kappa shape index (κ1) is 19.1. The number of carbonyl (C=O) groups excluding carboxylic acids is 1. The lowest BCUT2D eigenvalue weighted by Crippen LogP contribution is -2.57. The average Bonchev–Trinajstić information content (AvgIpc) is 3.02. The van der Waals surface area contributed by atoms with Crippen LogP contribution in [0.15, 0.2) is 5.38 Å². The molecule has 1 saturated carbocycles. The standard InChI is InChI=1S/C17H26N4O4S/c1-3-20(9-15(22)23)13-6-12(7-13)19-17(24)21-4-5-25-14(8-21)16-18-11(2)10-26-16/h10,12-14H,3-9H2,1-2H3,(H,19,24)(H,22,23). The Morgan fingerprint density at radius 3 is 2.88 bits per heavy atom. The van der Waals surface area contributed by atoms with Gasteiger partial charge in [0, 0.05) is 29.7 Å². The number of hydrogen-bond donors (Lipinski definition) is 2. The van der Waals surface area contributed by atoms with E-state index in [2.05, 4.69) is 10.3 Å². The number of aliphatic carboxylic acids is 1. The van der Waals surface area contributed by atoms with Crippen LogP contribution in [0.25, 0.3) is 0 Å². The Morgan fingerprint density at radius 1 is 1.50 bits per heavy atom. The Balaban J connectivity index is 1.46. The normalized spacial score (nSPS) is 25.8. The number of likely N-dealkylation sites (N-methyl/N-ethyl adjacent to an activating group) is 1. The second-order valence-corrected chi connectivity index (χ2v) is 7.75. The molecule has 1 aromatic heterocycles. The van der Waals surface area contributed by atoms with E-state index in [1.807, 2.05) is 24.1 Å². The first-order valence-corrected chi connectivity index (χ1v) is 9.89. The van der Waals surface area contributed by atoms with E-state index in [0.717, 1.165) is 23.5 Å². The van der Waals surface area contributed by atoms with Crippen molar-refractivity contribution in [3.63, 3.8) is 0 Å². The van der Waals surface area contributed by atoms with Crippen LogP contribution in [0.2, 0.25) is 0 Å². The highest BCUT2D eigenvalue weighted by Gasteiger charge is 2.36. The summed E-state index contributed by atoms with van der Waals surface area (Å²) in [5.41, 5.74) is 0.970.